The number of ether oxygens (including phenoxy) is 3. The van der Waals surface area contributed by atoms with Crippen molar-refractivity contribution in [3.8, 4) is 17.2 Å². The van der Waals surface area contributed by atoms with Crippen molar-refractivity contribution in [2.45, 2.75) is 18.9 Å². The summed E-state index contributed by atoms with van der Waals surface area (Å²) in [6, 6.07) is 1.93. The van der Waals surface area contributed by atoms with Gasteiger partial charge in [-0.2, -0.15) is 0 Å². The Morgan fingerprint density at radius 2 is 1.84 bits per heavy atom. The highest BCUT2D eigenvalue weighted by atomic mass is 79.9. The number of hydrogen-bond donors (Lipinski definition) is 1. The predicted octanol–water partition coefficient (Wildman–Crippen LogP) is 2.76. The van der Waals surface area contributed by atoms with Crippen LogP contribution in [-0.4, -0.2) is 32.5 Å². The fourth-order valence-corrected chi connectivity index (χ4v) is 3.04. The quantitative estimate of drug-likeness (QED) is 0.926. The SMILES string of the molecule is COc1cc2c(c(OC)c1OC)C(Br)=C[C@@H](O)CC2. The lowest BCUT2D eigenvalue weighted by molar-refractivity contribution is 0.214. The Balaban J connectivity index is 2.71. The van der Waals surface area contributed by atoms with E-state index in [0.717, 1.165) is 22.0 Å². The molecule has 0 radical (unpaired) electrons. The Kier molecular flexibility index (Phi) is 4.37. The van der Waals surface area contributed by atoms with Crippen LogP contribution in [0.5, 0.6) is 17.2 Å². The molecule has 0 amide bonds. The normalized spacial score (nSPS) is 18.2. The average molecular weight is 329 g/mol. The molecule has 4 nitrogen and oxygen atoms in total. The van der Waals surface area contributed by atoms with Crippen LogP contribution in [0.4, 0.5) is 0 Å². The maximum Gasteiger partial charge on any atom is 0.203 e. The van der Waals surface area contributed by atoms with Crippen molar-refractivity contribution in [2.75, 3.05) is 21.3 Å². The molecule has 1 aromatic rings. The van der Waals surface area contributed by atoms with Gasteiger partial charge >= 0.3 is 0 Å². The summed E-state index contributed by atoms with van der Waals surface area (Å²) in [5, 5.41) is 9.84. The third kappa shape index (κ3) is 2.58. The van der Waals surface area contributed by atoms with Crippen LogP contribution in [0, 0.1) is 0 Å². The first-order valence-electron chi connectivity index (χ1n) is 6.00. The second kappa shape index (κ2) is 5.84. The van der Waals surface area contributed by atoms with Gasteiger partial charge in [-0.3, -0.25) is 0 Å². The minimum atomic E-state index is -0.469. The van der Waals surface area contributed by atoms with Crippen LogP contribution >= 0.6 is 15.9 Å². The van der Waals surface area contributed by atoms with E-state index in [0.29, 0.717) is 23.7 Å². The summed E-state index contributed by atoms with van der Waals surface area (Å²) in [5.74, 6) is 1.81. The van der Waals surface area contributed by atoms with E-state index in [-0.39, 0.29) is 0 Å². The molecule has 0 heterocycles. The third-order valence-electron chi connectivity index (χ3n) is 3.20. The summed E-state index contributed by atoms with van der Waals surface area (Å²) in [5.41, 5.74) is 1.98. The van der Waals surface area contributed by atoms with Crippen LogP contribution in [-0.2, 0) is 6.42 Å². The molecule has 1 aliphatic carbocycles. The monoisotopic (exact) mass is 328 g/mol. The zero-order chi connectivity index (χ0) is 14.0. The average Bonchev–Trinajstić information content (AvgIpc) is 2.55. The number of aryl methyl sites for hydroxylation is 1. The van der Waals surface area contributed by atoms with Crippen molar-refractivity contribution in [1.82, 2.24) is 0 Å². The fourth-order valence-electron chi connectivity index (χ4n) is 2.30. The van der Waals surface area contributed by atoms with Crippen molar-refractivity contribution in [3.63, 3.8) is 0 Å². The molecule has 0 fully saturated rings. The number of hydrogen-bond acceptors (Lipinski definition) is 4. The topological polar surface area (TPSA) is 47.9 Å². The minimum absolute atomic E-state index is 0.469. The van der Waals surface area contributed by atoms with Gasteiger partial charge in [0.1, 0.15) is 0 Å². The van der Waals surface area contributed by atoms with Crippen LogP contribution in [0.2, 0.25) is 0 Å². The Morgan fingerprint density at radius 3 is 2.42 bits per heavy atom. The third-order valence-corrected chi connectivity index (χ3v) is 3.86. The summed E-state index contributed by atoms with van der Waals surface area (Å²) in [7, 11) is 4.77. The predicted molar refractivity (Wildman–Crippen MR) is 77.3 cm³/mol. The van der Waals surface area contributed by atoms with Crippen molar-refractivity contribution in [3.05, 3.63) is 23.3 Å². The zero-order valence-corrected chi connectivity index (χ0v) is 12.8. The first kappa shape index (κ1) is 14.2. The molecule has 1 aliphatic rings. The molecular weight excluding hydrogens is 312 g/mol. The highest BCUT2D eigenvalue weighted by Gasteiger charge is 2.24. The zero-order valence-electron chi connectivity index (χ0n) is 11.2. The molecule has 0 unspecified atom stereocenters. The maximum atomic E-state index is 9.84. The van der Waals surface area contributed by atoms with E-state index < -0.39 is 6.10 Å². The Morgan fingerprint density at radius 1 is 1.16 bits per heavy atom. The minimum Gasteiger partial charge on any atom is -0.493 e. The van der Waals surface area contributed by atoms with Crippen LogP contribution in [0.1, 0.15) is 17.5 Å². The lowest BCUT2D eigenvalue weighted by Crippen LogP contribution is -2.03. The molecule has 104 valence electrons. The molecule has 0 saturated carbocycles. The fraction of sp³-hybridized carbons (Fsp3) is 0.429. The van der Waals surface area contributed by atoms with Crippen molar-refractivity contribution in [1.29, 1.82) is 0 Å². The van der Waals surface area contributed by atoms with E-state index in [1.54, 1.807) is 27.4 Å². The number of benzene rings is 1. The number of halogens is 1. The molecular formula is C14H17BrO4. The molecule has 1 N–H and O–H groups in total. The van der Waals surface area contributed by atoms with Gasteiger partial charge in [0.2, 0.25) is 5.75 Å². The number of aliphatic hydroxyl groups excluding tert-OH is 1. The number of rotatable bonds is 3. The maximum absolute atomic E-state index is 9.84. The van der Waals surface area contributed by atoms with Gasteiger partial charge in [-0.1, -0.05) is 15.9 Å². The summed E-state index contributed by atoms with van der Waals surface area (Å²) < 4.78 is 17.0. The van der Waals surface area contributed by atoms with Gasteiger partial charge in [-0.05, 0) is 30.5 Å². The van der Waals surface area contributed by atoms with E-state index in [1.807, 2.05) is 6.07 Å². The van der Waals surface area contributed by atoms with Gasteiger partial charge in [0.15, 0.2) is 11.5 Å². The second-order valence-electron chi connectivity index (χ2n) is 4.30. The van der Waals surface area contributed by atoms with E-state index in [1.165, 1.54) is 0 Å². The van der Waals surface area contributed by atoms with Crippen LogP contribution in [0.3, 0.4) is 0 Å². The molecule has 0 saturated heterocycles. The highest BCUT2D eigenvalue weighted by Crippen LogP contribution is 2.47. The largest absolute Gasteiger partial charge is 0.493 e. The molecule has 0 bridgehead atoms. The lowest BCUT2D eigenvalue weighted by Gasteiger charge is -2.18. The van der Waals surface area contributed by atoms with E-state index in [2.05, 4.69) is 15.9 Å². The first-order chi connectivity index (χ1) is 9.12. The van der Waals surface area contributed by atoms with E-state index >= 15 is 0 Å². The molecule has 5 heteroatoms. The Bertz CT molecular complexity index is 511. The van der Waals surface area contributed by atoms with Crippen LogP contribution in [0.15, 0.2) is 12.1 Å². The lowest BCUT2D eigenvalue weighted by atomic mass is 10.0. The smallest absolute Gasteiger partial charge is 0.203 e. The van der Waals surface area contributed by atoms with E-state index in [9.17, 15) is 5.11 Å². The van der Waals surface area contributed by atoms with Crippen molar-refractivity contribution >= 4 is 20.4 Å². The van der Waals surface area contributed by atoms with E-state index in [4.69, 9.17) is 14.2 Å². The molecule has 19 heavy (non-hydrogen) atoms. The van der Waals surface area contributed by atoms with Crippen molar-refractivity contribution < 1.29 is 19.3 Å². The van der Waals surface area contributed by atoms with Gasteiger partial charge in [0.25, 0.3) is 0 Å². The molecule has 0 spiro atoms. The van der Waals surface area contributed by atoms with Crippen molar-refractivity contribution in [2.24, 2.45) is 0 Å². The molecule has 0 aliphatic heterocycles. The van der Waals surface area contributed by atoms with Crippen LogP contribution in [0.25, 0.3) is 4.48 Å². The first-order valence-corrected chi connectivity index (χ1v) is 6.79. The summed E-state index contributed by atoms with van der Waals surface area (Å²) in [6.45, 7) is 0. The number of aliphatic hydroxyl groups is 1. The standard InChI is InChI=1S/C14H17BrO4/c1-17-11-6-8-4-5-9(16)7-10(15)12(8)14(19-3)13(11)18-2/h6-7,9,16H,4-5H2,1-3H3/t9-/m0/s1. The molecule has 1 aromatic carbocycles. The number of methoxy groups -OCH3 is 3. The highest BCUT2D eigenvalue weighted by molar-refractivity contribution is 9.15. The summed E-state index contributed by atoms with van der Waals surface area (Å²) in [4.78, 5) is 0. The summed E-state index contributed by atoms with van der Waals surface area (Å²) in [6.07, 6.45) is 2.73. The van der Waals surface area contributed by atoms with Gasteiger partial charge in [0.05, 0.1) is 27.4 Å². The van der Waals surface area contributed by atoms with Gasteiger partial charge in [-0.25, -0.2) is 0 Å². The molecule has 1 atom stereocenters. The molecule has 2 rings (SSSR count). The Hall–Kier alpha value is -1.20. The second-order valence-corrected chi connectivity index (χ2v) is 5.15. The van der Waals surface area contributed by atoms with Gasteiger partial charge < -0.3 is 19.3 Å². The summed E-state index contributed by atoms with van der Waals surface area (Å²) >= 11 is 3.50. The van der Waals surface area contributed by atoms with Gasteiger partial charge in [-0.15, -0.1) is 0 Å². The molecule has 0 aromatic heterocycles. The number of fused-ring (bicyclic) bond motifs is 1. The Labute approximate surface area is 121 Å². The van der Waals surface area contributed by atoms with Gasteiger partial charge in [0, 0.05) is 10.0 Å². The van der Waals surface area contributed by atoms with Crippen LogP contribution < -0.4 is 14.2 Å².